The molecule has 6 heteroatoms. The van der Waals surface area contributed by atoms with Crippen LogP contribution in [-0.2, 0) is 29.0 Å². The number of carbonyl (C=O) groups is 3. The van der Waals surface area contributed by atoms with Crippen LogP contribution < -0.4 is 10.1 Å². The van der Waals surface area contributed by atoms with Crippen molar-refractivity contribution in [2.45, 2.75) is 70.8 Å². The molecule has 0 spiro atoms. The molecule has 1 heterocycles. The van der Waals surface area contributed by atoms with E-state index in [-0.39, 0.29) is 18.6 Å². The summed E-state index contributed by atoms with van der Waals surface area (Å²) < 4.78 is 11.0. The lowest BCUT2D eigenvalue weighted by Crippen LogP contribution is -2.20. The molecule has 0 atom stereocenters. The van der Waals surface area contributed by atoms with Gasteiger partial charge >= 0.3 is 5.97 Å². The third-order valence-electron chi connectivity index (χ3n) is 6.30. The molecule has 0 radical (unpaired) electrons. The largest absolute Gasteiger partial charge is 0.496 e. The van der Waals surface area contributed by atoms with Gasteiger partial charge in [-0.25, -0.2) is 0 Å². The highest BCUT2D eigenvalue weighted by molar-refractivity contribution is 6.22. The first kappa shape index (κ1) is 26.2. The molecule has 0 saturated carbocycles. The Morgan fingerprint density at radius 1 is 0.943 bits per heavy atom. The first-order valence-electron chi connectivity index (χ1n) is 12.4. The van der Waals surface area contributed by atoms with E-state index in [1.807, 2.05) is 18.2 Å². The number of amides is 2. The number of aryl methyl sites for hydroxylation is 1. The summed E-state index contributed by atoms with van der Waals surface area (Å²) in [6.45, 7) is 3.84. The average Bonchev–Trinajstić information content (AvgIpc) is 3.16. The van der Waals surface area contributed by atoms with E-state index in [1.165, 1.54) is 44.1 Å². The predicted octanol–water partition coefficient (Wildman–Crippen LogP) is 5.71. The van der Waals surface area contributed by atoms with Gasteiger partial charge in [-0.15, -0.1) is 6.58 Å². The van der Waals surface area contributed by atoms with E-state index in [0.717, 1.165) is 24.8 Å². The lowest BCUT2D eigenvalue weighted by Gasteiger charge is -2.12. The van der Waals surface area contributed by atoms with E-state index in [2.05, 4.69) is 18.0 Å². The van der Waals surface area contributed by atoms with Crippen molar-refractivity contribution < 1.29 is 23.9 Å². The molecule has 35 heavy (non-hydrogen) atoms. The number of ether oxygens (including phenoxy) is 2. The van der Waals surface area contributed by atoms with Gasteiger partial charge in [0.1, 0.15) is 12.4 Å². The standard InChI is InChI=1S/C29H35NO5/c1-3-4-5-6-7-8-9-10-11-13-21-16-17-23(25(18-21)34-2)20-35-26(31)19-22-14-12-15-24-27(22)29(33)30-28(24)32/h3,12,14-18H,1,4-11,13,19-20H2,2H3,(H,30,32,33). The molecule has 1 N–H and O–H groups in total. The summed E-state index contributed by atoms with van der Waals surface area (Å²) in [6.07, 6.45) is 12.8. The zero-order valence-electron chi connectivity index (χ0n) is 20.6. The number of esters is 1. The monoisotopic (exact) mass is 477 g/mol. The first-order chi connectivity index (χ1) is 17.0. The second kappa shape index (κ2) is 13.5. The van der Waals surface area contributed by atoms with Crippen molar-refractivity contribution in [2.24, 2.45) is 0 Å². The summed E-state index contributed by atoms with van der Waals surface area (Å²) in [5.41, 5.74) is 3.02. The Balaban J connectivity index is 1.44. The van der Waals surface area contributed by atoms with Crippen LogP contribution in [0.25, 0.3) is 0 Å². The molecule has 2 aromatic carbocycles. The zero-order chi connectivity index (χ0) is 25.0. The number of benzene rings is 2. The van der Waals surface area contributed by atoms with Gasteiger partial charge in [-0.05, 0) is 48.9 Å². The maximum Gasteiger partial charge on any atom is 0.310 e. The van der Waals surface area contributed by atoms with Gasteiger partial charge in [-0.3, -0.25) is 19.7 Å². The molecule has 0 aromatic heterocycles. The summed E-state index contributed by atoms with van der Waals surface area (Å²) in [7, 11) is 1.61. The van der Waals surface area contributed by atoms with Crippen LogP contribution in [0.15, 0.2) is 49.1 Å². The Morgan fingerprint density at radius 3 is 2.43 bits per heavy atom. The molecule has 1 aliphatic heterocycles. The number of allylic oxidation sites excluding steroid dienone is 1. The lowest BCUT2D eigenvalue weighted by molar-refractivity contribution is -0.144. The van der Waals surface area contributed by atoms with E-state index in [9.17, 15) is 14.4 Å². The van der Waals surface area contributed by atoms with Crippen molar-refractivity contribution in [1.29, 1.82) is 0 Å². The maximum absolute atomic E-state index is 12.5. The van der Waals surface area contributed by atoms with Crippen LogP contribution >= 0.6 is 0 Å². The Bertz CT molecular complexity index is 1060. The highest BCUT2D eigenvalue weighted by Crippen LogP contribution is 2.24. The summed E-state index contributed by atoms with van der Waals surface area (Å²) >= 11 is 0. The van der Waals surface area contributed by atoms with Crippen LogP contribution in [-0.4, -0.2) is 24.9 Å². The number of hydrogen-bond donors (Lipinski definition) is 1. The van der Waals surface area contributed by atoms with Crippen molar-refractivity contribution in [1.82, 2.24) is 5.32 Å². The van der Waals surface area contributed by atoms with Gasteiger partial charge < -0.3 is 9.47 Å². The molecule has 6 nitrogen and oxygen atoms in total. The summed E-state index contributed by atoms with van der Waals surface area (Å²) in [6, 6.07) is 10.9. The average molecular weight is 478 g/mol. The van der Waals surface area contributed by atoms with E-state index in [0.29, 0.717) is 16.9 Å². The molecule has 0 bridgehead atoms. The van der Waals surface area contributed by atoms with Crippen LogP contribution in [0.4, 0.5) is 0 Å². The molecule has 2 amide bonds. The quantitative estimate of drug-likeness (QED) is 0.154. The molecule has 0 unspecified atom stereocenters. The van der Waals surface area contributed by atoms with Crippen molar-refractivity contribution in [3.8, 4) is 5.75 Å². The normalized spacial score (nSPS) is 12.3. The first-order valence-corrected chi connectivity index (χ1v) is 12.4. The van der Waals surface area contributed by atoms with E-state index >= 15 is 0 Å². The van der Waals surface area contributed by atoms with Gasteiger partial charge in [-0.1, -0.05) is 62.4 Å². The van der Waals surface area contributed by atoms with Crippen molar-refractivity contribution >= 4 is 17.8 Å². The molecule has 0 saturated heterocycles. The smallest absolute Gasteiger partial charge is 0.310 e. The highest BCUT2D eigenvalue weighted by Gasteiger charge is 2.29. The summed E-state index contributed by atoms with van der Waals surface area (Å²) in [4.78, 5) is 36.3. The molecule has 186 valence electrons. The summed E-state index contributed by atoms with van der Waals surface area (Å²) in [5, 5.41) is 2.26. The summed E-state index contributed by atoms with van der Waals surface area (Å²) in [5.74, 6) is -0.692. The molecule has 2 aromatic rings. The van der Waals surface area contributed by atoms with E-state index in [1.54, 1.807) is 25.3 Å². The number of unbranched alkanes of at least 4 members (excludes halogenated alkanes) is 7. The van der Waals surface area contributed by atoms with Gasteiger partial charge in [0.05, 0.1) is 24.7 Å². The molecule has 0 fully saturated rings. The number of fused-ring (bicyclic) bond motifs is 1. The SMILES string of the molecule is C=CCCCCCCCCCc1ccc(COC(=O)Cc2cccc3c2C(=O)NC3=O)c(OC)c1. The van der Waals surface area contributed by atoms with Crippen LogP contribution in [0.3, 0.4) is 0 Å². The third-order valence-corrected chi connectivity index (χ3v) is 6.30. The van der Waals surface area contributed by atoms with Gasteiger partial charge in [0.15, 0.2) is 0 Å². The predicted molar refractivity (Wildman–Crippen MR) is 136 cm³/mol. The second-order valence-corrected chi connectivity index (χ2v) is 8.91. The molecule has 0 aliphatic carbocycles. The molecular weight excluding hydrogens is 442 g/mol. The molecule has 3 rings (SSSR count). The second-order valence-electron chi connectivity index (χ2n) is 8.91. The number of hydrogen-bond acceptors (Lipinski definition) is 5. The van der Waals surface area contributed by atoms with Gasteiger partial charge in [0.25, 0.3) is 11.8 Å². The highest BCUT2D eigenvalue weighted by atomic mass is 16.5. The Labute approximate surface area is 207 Å². The van der Waals surface area contributed by atoms with Crippen molar-refractivity contribution in [3.05, 3.63) is 76.9 Å². The number of carbonyl (C=O) groups excluding carboxylic acids is 3. The van der Waals surface area contributed by atoms with Crippen LogP contribution in [0.1, 0.15) is 88.8 Å². The van der Waals surface area contributed by atoms with Gasteiger partial charge in [0.2, 0.25) is 0 Å². The fraction of sp³-hybridized carbons (Fsp3) is 0.414. The lowest BCUT2D eigenvalue weighted by atomic mass is 10.0. The van der Waals surface area contributed by atoms with E-state index in [4.69, 9.17) is 9.47 Å². The minimum absolute atomic E-state index is 0.0777. The fourth-order valence-electron chi connectivity index (χ4n) is 4.37. The van der Waals surface area contributed by atoms with Crippen molar-refractivity contribution in [2.75, 3.05) is 7.11 Å². The van der Waals surface area contributed by atoms with Crippen LogP contribution in [0.5, 0.6) is 5.75 Å². The van der Waals surface area contributed by atoms with Crippen molar-refractivity contribution in [3.63, 3.8) is 0 Å². The Kier molecular flexibility index (Phi) is 10.1. The number of imide groups is 1. The van der Waals surface area contributed by atoms with E-state index < -0.39 is 17.8 Å². The number of nitrogens with one attached hydrogen (secondary N) is 1. The Morgan fingerprint density at radius 2 is 1.69 bits per heavy atom. The van der Waals surface area contributed by atoms with Gasteiger partial charge in [0, 0.05) is 5.56 Å². The van der Waals surface area contributed by atoms with Gasteiger partial charge in [-0.2, -0.15) is 0 Å². The van der Waals surface area contributed by atoms with Crippen LogP contribution in [0.2, 0.25) is 0 Å². The maximum atomic E-state index is 12.5. The topological polar surface area (TPSA) is 81.7 Å². The number of methoxy groups -OCH3 is 1. The minimum Gasteiger partial charge on any atom is -0.496 e. The van der Waals surface area contributed by atoms with Crippen LogP contribution in [0, 0.1) is 0 Å². The molecule has 1 aliphatic rings. The Hall–Kier alpha value is -3.41. The zero-order valence-corrected chi connectivity index (χ0v) is 20.6. The molecular formula is C29H35NO5. The number of rotatable bonds is 15. The minimum atomic E-state index is -0.478. The third kappa shape index (κ3) is 7.54. The fourth-order valence-corrected chi connectivity index (χ4v) is 4.37.